The van der Waals surface area contributed by atoms with Crippen molar-refractivity contribution in [2.75, 3.05) is 0 Å². The van der Waals surface area contributed by atoms with Gasteiger partial charge in [-0.1, -0.05) is 88.4 Å². The number of benzene rings is 2. The van der Waals surface area contributed by atoms with Crippen molar-refractivity contribution in [3.8, 4) is 0 Å². The molecule has 0 fully saturated rings. The van der Waals surface area contributed by atoms with Crippen molar-refractivity contribution < 1.29 is 0 Å². The van der Waals surface area contributed by atoms with Gasteiger partial charge in [0.1, 0.15) is 0 Å². The van der Waals surface area contributed by atoms with Crippen LogP contribution >= 0.6 is 0 Å². The van der Waals surface area contributed by atoms with Crippen LogP contribution in [0.1, 0.15) is 50.7 Å². The van der Waals surface area contributed by atoms with Gasteiger partial charge in [0, 0.05) is 0 Å². The summed E-state index contributed by atoms with van der Waals surface area (Å²) in [6.45, 7) is 9.45. The lowest BCUT2D eigenvalue weighted by Gasteiger charge is -2.33. The minimum Gasteiger partial charge on any atom is -0.0625 e. The molecule has 2 atom stereocenters. The lowest BCUT2D eigenvalue weighted by molar-refractivity contribution is 0.285. The highest BCUT2D eigenvalue weighted by molar-refractivity contribution is 5.24. The Kier molecular flexibility index (Phi) is 5.00. The van der Waals surface area contributed by atoms with E-state index in [-0.39, 0.29) is 0 Å². The molecule has 0 aromatic heterocycles. The van der Waals surface area contributed by atoms with E-state index in [9.17, 15) is 0 Å². The van der Waals surface area contributed by atoms with Crippen LogP contribution in [-0.4, -0.2) is 0 Å². The molecule has 106 valence electrons. The Morgan fingerprint density at radius 3 is 1.20 bits per heavy atom. The molecule has 2 rings (SSSR count). The average Bonchev–Trinajstić information content (AvgIpc) is 2.48. The molecule has 20 heavy (non-hydrogen) atoms. The Morgan fingerprint density at radius 2 is 0.900 bits per heavy atom. The van der Waals surface area contributed by atoms with Crippen molar-refractivity contribution in [2.24, 2.45) is 11.8 Å². The van der Waals surface area contributed by atoms with Crippen molar-refractivity contribution >= 4 is 0 Å². The fourth-order valence-corrected chi connectivity index (χ4v) is 3.55. The van der Waals surface area contributed by atoms with E-state index in [4.69, 9.17) is 0 Å². The van der Waals surface area contributed by atoms with Gasteiger partial charge in [0.25, 0.3) is 0 Å². The van der Waals surface area contributed by atoms with E-state index in [1.165, 1.54) is 11.1 Å². The fraction of sp³-hybridized carbons (Fsp3) is 0.400. The Labute approximate surface area is 123 Å². The molecule has 0 saturated heterocycles. The third kappa shape index (κ3) is 3.30. The molecule has 0 bridgehead atoms. The third-order valence-electron chi connectivity index (χ3n) is 4.58. The minimum absolute atomic E-state index is 0.575. The quantitative estimate of drug-likeness (QED) is 0.635. The van der Waals surface area contributed by atoms with Gasteiger partial charge in [0.05, 0.1) is 0 Å². The highest BCUT2D eigenvalue weighted by Crippen LogP contribution is 2.40. The van der Waals surface area contributed by atoms with Gasteiger partial charge in [0.2, 0.25) is 0 Å². The van der Waals surface area contributed by atoms with Crippen molar-refractivity contribution in [1.82, 2.24) is 0 Å². The lowest BCUT2D eigenvalue weighted by Crippen LogP contribution is -2.22. The zero-order valence-corrected chi connectivity index (χ0v) is 13.1. The molecule has 0 heterocycles. The van der Waals surface area contributed by atoms with Gasteiger partial charge in [-0.3, -0.25) is 0 Å². The molecule has 2 unspecified atom stereocenters. The first kappa shape index (κ1) is 14.8. The van der Waals surface area contributed by atoms with Crippen LogP contribution in [0.25, 0.3) is 0 Å². The van der Waals surface area contributed by atoms with E-state index in [0.717, 1.165) is 0 Å². The van der Waals surface area contributed by atoms with E-state index in [0.29, 0.717) is 23.7 Å². The second-order valence-corrected chi connectivity index (χ2v) is 6.22. The molecule has 2 aromatic rings. The second-order valence-electron chi connectivity index (χ2n) is 6.22. The first-order chi connectivity index (χ1) is 9.61. The topological polar surface area (TPSA) is 0 Å². The van der Waals surface area contributed by atoms with E-state index in [1.54, 1.807) is 0 Å². The highest BCUT2D eigenvalue weighted by Gasteiger charge is 2.28. The van der Waals surface area contributed by atoms with Gasteiger partial charge in [-0.25, -0.2) is 0 Å². The number of hydrogen-bond donors (Lipinski definition) is 0. The van der Waals surface area contributed by atoms with Gasteiger partial charge in [0.15, 0.2) is 0 Å². The predicted octanol–water partition coefficient (Wildman–Crippen LogP) is 5.87. The Morgan fingerprint density at radius 1 is 0.550 bits per heavy atom. The van der Waals surface area contributed by atoms with Crippen molar-refractivity contribution in [3.05, 3.63) is 71.8 Å². The molecule has 0 nitrogen and oxygen atoms in total. The highest BCUT2D eigenvalue weighted by atomic mass is 14.3. The zero-order valence-electron chi connectivity index (χ0n) is 13.1. The fourth-order valence-electron chi connectivity index (χ4n) is 3.55. The largest absolute Gasteiger partial charge is 0.0625 e. The second kappa shape index (κ2) is 6.74. The molecule has 0 aliphatic heterocycles. The molecule has 2 aromatic carbocycles. The standard InChI is InChI=1S/C20H26/c1-15(2)20(16(3)18-11-7-5-8-12-18)17(4)19-13-9-6-10-14-19/h5-17,20H,1-4H3. The predicted molar refractivity (Wildman–Crippen MR) is 88.0 cm³/mol. The monoisotopic (exact) mass is 266 g/mol. The van der Waals surface area contributed by atoms with Crippen molar-refractivity contribution in [3.63, 3.8) is 0 Å². The number of hydrogen-bond acceptors (Lipinski definition) is 0. The molecular formula is C20H26. The zero-order chi connectivity index (χ0) is 14.5. The molecular weight excluding hydrogens is 240 g/mol. The van der Waals surface area contributed by atoms with Crippen LogP contribution in [0.4, 0.5) is 0 Å². The normalized spacial score (nSPS) is 15.8. The summed E-state index contributed by atoms with van der Waals surface area (Å²) in [7, 11) is 0. The summed E-state index contributed by atoms with van der Waals surface area (Å²) in [5, 5.41) is 0. The van der Waals surface area contributed by atoms with Crippen LogP contribution in [0.2, 0.25) is 0 Å². The summed E-state index contributed by atoms with van der Waals surface area (Å²) in [4.78, 5) is 0. The van der Waals surface area contributed by atoms with Gasteiger partial charge < -0.3 is 0 Å². The molecule has 0 saturated carbocycles. The number of rotatable bonds is 5. The van der Waals surface area contributed by atoms with Crippen LogP contribution in [-0.2, 0) is 0 Å². The molecule has 0 heteroatoms. The molecule has 0 radical (unpaired) electrons. The molecule has 0 N–H and O–H groups in total. The maximum Gasteiger partial charge on any atom is -0.0154 e. The lowest BCUT2D eigenvalue weighted by atomic mass is 9.71. The maximum atomic E-state index is 2.37. The Bertz CT molecular complexity index is 453. The summed E-state index contributed by atoms with van der Waals surface area (Å²) in [6, 6.07) is 21.8. The summed E-state index contributed by atoms with van der Waals surface area (Å²) in [5.41, 5.74) is 2.91. The van der Waals surface area contributed by atoms with Crippen LogP contribution in [0.3, 0.4) is 0 Å². The van der Waals surface area contributed by atoms with Crippen molar-refractivity contribution in [1.29, 1.82) is 0 Å². The first-order valence-electron chi connectivity index (χ1n) is 7.71. The summed E-state index contributed by atoms with van der Waals surface area (Å²) >= 11 is 0. The molecule has 0 aliphatic rings. The SMILES string of the molecule is CC(C)C(C(C)c1ccccc1)C(C)c1ccccc1. The molecule has 0 aliphatic carbocycles. The van der Waals surface area contributed by atoms with Gasteiger partial charge >= 0.3 is 0 Å². The Balaban J connectivity index is 2.28. The molecule has 0 spiro atoms. The Hall–Kier alpha value is -1.56. The minimum atomic E-state index is 0.575. The van der Waals surface area contributed by atoms with Crippen LogP contribution < -0.4 is 0 Å². The summed E-state index contributed by atoms with van der Waals surface area (Å²) < 4.78 is 0. The van der Waals surface area contributed by atoms with Gasteiger partial charge in [-0.15, -0.1) is 0 Å². The smallest absolute Gasteiger partial charge is 0.0154 e. The van der Waals surface area contributed by atoms with E-state index in [1.807, 2.05) is 0 Å². The van der Waals surface area contributed by atoms with E-state index in [2.05, 4.69) is 88.4 Å². The van der Waals surface area contributed by atoms with E-state index < -0.39 is 0 Å². The van der Waals surface area contributed by atoms with Crippen LogP contribution in [0, 0.1) is 11.8 Å². The molecule has 0 amide bonds. The van der Waals surface area contributed by atoms with Gasteiger partial charge in [-0.2, -0.15) is 0 Å². The van der Waals surface area contributed by atoms with Crippen LogP contribution in [0.15, 0.2) is 60.7 Å². The van der Waals surface area contributed by atoms with Crippen LogP contribution in [0.5, 0.6) is 0 Å². The first-order valence-corrected chi connectivity index (χ1v) is 7.71. The third-order valence-corrected chi connectivity index (χ3v) is 4.58. The average molecular weight is 266 g/mol. The van der Waals surface area contributed by atoms with Gasteiger partial charge in [-0.05, 0) is 34.8 Å². The summed E-state index contributed by atoms with van der Waals surface area (Å²) in [6.07, 6.45) is 0. The maximum absolute atomic E-state index is 2.37. The summed E-state index contributed by atoms with van der Waals surface area (Å²) in [5.74, 6) is 2.47. The van der Waals surface area contributed by atoms with Crippen molar-refractivity contribution in [2.45, 2.75) is 39.5 Å². The van der Waals surface area contributed by atoms with E-state index >= 15 is 0 Å².